The smallest absolute Gasteiger partial charge is 0.251 e. The molecule has 8 nitrogen and oxygen atoms in total. The lowest BCUT2D eigenvalue weighted by molar-refractivity contribution is -0.123. The third-order valence-corrected chi connectivity index (χ3v) is 7.39. The zero-order valence-corrected chi connectivity index (χ0v) is 19.8. The van der Waals surface area contributed by atoms with Crippen LogP contribution in [-0.2, 0) is 26.0 Å². The van der Waals surface area contributed by atoms with Crippen molar-refractivity contribution >= 4 is 21.8 Å². The number of carbonyl (C=O) groups is 2. The van der Waals surface area contributed by atoms with Crippen LogP contribution in [0.3, 0.4) is 0 Å². The Bertz CT molecular complexity index is 1050. The zero-order valence-electron chi connectivity index (χ0n) is 19.0. The normalized spacial score (nSPS) is 15.7. The molecule has 1 atom stereocenters. The number of carbonyl (C=O) groups excluding carboxylic acids is 2. The van der Waals surface area contributed by atoms with Crippen molar-refractivity contribution in [1.82, 2.24) is 14.9 Å². The summed E-state index contributed by atoms with van der Waals surface area (Å²) in [6.07, 6.45) is 0.687. The molecular weight excluding hydrogens is 442 g/mol. The third-order valence-electron chi connectivity index (χ3n) is 5.50. The van der Waals surface area contributed by atoms with E-state index >= 15 is 0 Å². The first-order valence-electron chi connectivity index (χ1n) is 11.1. The molecule has 0 spiro atoms. The van der Waals surface area contributed by atoms with Crippen LogP contribution in [0.5, 0.6) is 0 Å². The van der Waals surface area contributed by atoms with E-state index in [1.165, 1.54) is 22.5 Å². The Labute approximate surface area is 195 Å². The number of sulfonamides is 1. The summed E-state index contributed by atoms with van der Waals surface area (Å²) >= 11 is 0. The Morgan fingerprint density at radius 2 is 1.73 bits per heavy atom. The van der Waals surface area contributed by atoms with E-state index in [9.17, 15) is 18.0 Å². The maximum atomic E-state index is 12.9. The molecule has 9 heteroatoms. The van der Waals surface area contributed by atoms with Crippen molar-refractivity contribution in [1.29, 1.82) is 0 Å². The van der Waals surface area contributed by atoms with E-state index in [2.05, 4.69) is 10.6 Å². The van der Waals surface area contributed by atoms with Gasteiger partial charge in [0.15, 0.2) is 0 Å². The van der Waals surface area contributed by atoms with E-state index in [1.54, 1.807) is 6.07 Å². The van der Waals surface area contributed by atoms with E-state index in [0.717, 1.165) is 5.56 Å². The van der Waals surface area contributed by atoms with Gasteiger partial charge in [-0.15, -0.1) is 0 Å². The molecule has 0 unspecified atom stereocenters. The first-order valence-corrected chi connectivity index (χ1v) is 12.5. The Balaban J connectivity index is 1.65. The molecule has 2 aromatic carbocycles. The Morgan fingerprint density at radius 3 is 2.39 bits per heavy atom. The monoisotopic (exact) mass is 473 g/mol. The van der Waals surface area contributed by atoms with E-state index in [-0.39, 0.29) is 35.4 Å². The summed E-state index contributed by atoms with van der Waals surface area (Å²) in [4.78, 5) is 25.7. The highest BCUT2D eigenvalue weighted by molar-refractivity contribution is 7.89. The summed E-state index contributed by atoms with van der Waals surface area (Å²) in [6.45, 7) is 5.38. The van der Waals surface area contributed by atoms with Crippen LogP contribution in [0.4, 0.5) is 0 Å². The van der Waals surface area contributed by atoms with Crippen LogP contribution in [0, 0.1) is 5.92 Å². The summed E-state index contributed by atoms with van der Waals surface area (Å²) in [7, 11) is -3.72. The highest BCUT2D eigenvalue weighted by Gasteiger charge is 2.28. The van der Waals surface area contributed by atoms with E-state index < -0.39 is 22.0 Å². The minimum Gasteiger partial charge on any atom is -0.379 e. The molecule has 1 heterocycles. The minimum absolute atomic E-state index is 0.0467. The number of morpholine rings is 1. The quantitative estimate of drug-likeness (QED) is 0.578. The number of rotatable bonds is 9. The predicted octanol–water partition coefficient (Wildman–Crippen LogP) is 1.82. The Kier molecular flexibility index (Phi) is 8.60. The highest BCUT2D eigenvalue weighted by Crippen LogP contribution is 2.18. The molecule has 33 heavy (non-hydrogen) atoms. The fraction of sp³-hybridized carbons (Fsp3) is 0.417. The van der Waals surface area contributed by atoms with Crippen molar-refractivity contribution < 1.29 is 22.7 Å². The fourth-order valence-electron chi connectivity index (χ4n) is 3.58. The largest absolute Gasteiger partial charge is 0.379 e. The number of nitrogens with one attached hydrogen (secondary N) is 2. The summed E-state index contributed by atoms with van der Waals surface area (Å²) < 4.78 is 32.4. The van der Waals surface area contributed by atoms with Crippen LogP contribution in [0.15, 0.2) is 59.5 Å². The van der Waals surface area contributed by atoms with Crippen molar-refractivity contribution in [3.05, 3.63) is 65.7 Å². The van der Waals surface area contributed by atoms with Gasteiger partial charge in [0.25, 0.3) is 5.91 Å². The minimum atomic E-state index is -3.72. The second-order valence-corrected chi connectivity index (χ2v) is 10.2. The van der Waals surface area contributed by atoms with Gasteiger partial charge >= 0.3 is 0 Å². The summed E-state index contributed by atoms with van der Waals surface area (Å²) in [5.74, 6) is -0.914. The van der Waals surface area contributed by atoms with Crippen molar-refractivity contribution in [2.24, 2.45) is 5.92 Å². The number of hydrogen-bond acceptors (Lipinski definition) is 5. The molecule has 178 valence electrons. The van der Waals surface area contributed by atoms with Gasteiger partial charge in [-0.05, 0) is 36.1 Å². The van der Waals surface area contributed by atoms with Gasteiger partial charge in [0.1, 0.15) is 6.04 Å². The summed E-state index contributed by atoms with van der Waals surface area (Å²) in [6, 6.07) is 15.0. The van der Waals surface area contributed by atoms with Crippen LogP contribution in [0.2, 0.25) is 0 Å². The Hall–Kier alpha value is -2.75. The predicted molar refractivity (Wildman–Crippen MR) is 125 cm³/mol. The van der Waals surface area contributed by atoms with Crippen molar-refractivity contribution in [3.63, 3.8) is 0 Å². The number of hydrogen-bond donors (Lipinski definition) is 2. The number of benzene rings is 2. The molecule has 1 saturated heterocycles. The maximum absolute atomic E-state index is 12.9. The number of amides is 2. The lowest BCUT2D eigenvalue weighted by Crippen LogP contribution is -2.50. The van der Waals surface area contributed by atoms with Crippen LogP contribution < -0.4 is 10.6 Å². The van der Waals surface area contributed by atoms with Crippen molar-refractivity contribution in [2.75, 3.05) is 32.8 Å². The topological polar surface area (TPSA) is 105 Å². The Morgan fingerprint density at radius 1 is 1.03 bits per heavy atom. The van der Waals surface area contributed by atoms with Crippen molar-refractivity contribution in [2.45, 2.75) is 31.2 Å². The molecule has 2 amide bonds. The molecule has 0 aromatic heterocycles. The average molecular weight is 474 g/mol. The van der Waals surface area contributed by atoms with Crippen molar-refractivity contribution in [3.8, 4) is 0 Å². The van der Waals surface area contributed by atoms with Gasteiger partial charge in [0, 0.05) is 25.2 Å². The SMILES string of the molecule is CC(C)[C@H](NC(=O)c1cccc(S(=O)(=O)N2CCOCC2)c1)C(=O)NCCc1ccccc1. The summed E-state index contributed by atoms with van der Waals surface area (Å²) in [5.41, 5.74) is 1.30. The van der Waals surface area contributed by atoms with E-state index in [4.69, 9.17) is 4.74 Å². The average Bonchev–Trinajstić information content (AvgIpc) is 2.83. The zero-order chi connectivity index (χ0) is 23.8. The van der Waals surface area contributed by atoms with Gasteiger partial charge in [0.05, 0.1) is 18.1 Å². The van der Waals surface area contributed by atoms with E-state index in [1.807, 2.05) is 44.2 Å². The standard InChI is InChI=1S/C24H31N3O5S/c1-18(2)22(24(29)25-12-11-19-7-4-3-5-8-19)26-23(28)20-9-6-10-21(17-20)33(30,31)27-13-15-32-16-14-27/h3-10,17-18,22H,11-16H2,1-2H3,(H,25,29)(H,26,28)/t22-/m0/s1. The van der Waals surface area contributed by atoms with E-state index in [0.29, 0.717) is 26.2 Å². The first-order chi connectivity index (χ1) is 15.8. The summed E-state index contributed by atoms with van der Waals surface area (Å²) in [5, 5.41) is 5.64. The lowest BCUT2D eigenvalue weighted by Gasteiger charge is -2.26. The van der Waals surface area contributed by atoms with Gasteiger partial charge in [-0.2, -0.15) is 4.31 Å². The molecule has 1 aliphatic rings. The number of nitrogens with zero attached hydrogens (tertiary/aromatic N) is 1. The fourth-order valence-corrected chi connectivity index (χ4v) is 5.03. The molecule has 1 aliphatic heterocycles. The van der Waals surface area contributed by atoms with Crippen LogP contribution >= 0.6 is 0 Å². The molecular formula is C24H31N3O5S. The van der Waals surface area contributed by atoms with Gasteiger partial charge in [-0.1, -0.05) is 50.2 Å². The number of ether oxygens (including phenoxy) is 1. The molecule has 0 aliphatic carbocycles. The molecule has 0 radical (unpaired) electrons. The second-order valence-electron chi connectivity index (χ2n) is 8.27. The highest BCUT2D eigenvalue weighted by atomic mass is 32.2. The molecule has 2 N–H and O–H groups in total. The maximum Gasteiger partial charge on any atom is 0.251 e. The molecule has 0 bridgehead atoms. The second kappa shape index (κ2) is 11.4. The first kappa shape index (κ1) is 24.9. The molecule has 3 rings (SSSR count). The molecule has 0 saturated carbocycles. The molecule has 2 aromatic rings. The van der Waals surface area contributed by atoms with Gasteiger partial charge in [0.2, 0.25) is 15.9 Å². The third kappa shape index (κ3) is 6.63. The van der Waals surface area contributed by atoms with Gasteiger partial charge in [-0.25, -0.2) is 8.42 Å². The van der Waals surface area contributed by atoms with Crippen LogP contribution in [0.25, 0.3) is 0 Å². The van der Waals surface area contributed by atoms with Crippen LogP contribution in [-0.4, -0.2) is 63.4 Å². The van der Waals surface area contributed by atoms with Gasteiger partial charge < -0.3 is 15.4 Å². The van der Waals surface area contributed by atoms with Gasteiger partial charge in [-0.3, -0.25) is 9.59 Å². The molecule has 1 fully saturated rings. The lowest BCUT2D eigenvalue weighted by atomic mass is 10.0. The van der Waals surface area contributed by atoms with Crippen LogP contribution in [0.1, 0.15) is 29.8 Å².